The third-order valence-corrected chi connectivity index (χ3v) is 2.93. The summed E-state index contributed by atoms with van der Waals surface area (Å²) in [5.41, 5.74) is 0.0246. The van der Waals surface area contributed by atoms with Crippen LogP contribution >= 0.6 is 0 Å². The van der Waals surface area contributed by atoms with E-state index in [0.717, 1.165) is 12.8 Å². The van der Waals surface area contributed by atoms with E-state index < -0.39 is 4.92 Å². The van der Waals surface area contributed by atoms with Crippen molar-refractivity contribution in [3.05, 3.63) is 33.8 Å². The Morgan fingerprint density at radius 2 is 2.16 bits per heavy atom. The Hall–Kier alpha value is -1.65. The average Bonchev–Trinajstić information content (AvgIpc) is 3.03. The van der Waals surface area contributed by atoms with E-state index in [1.165, 1.54) is 0 Å². The molecule has 1 saturated carbocycles. The molecule has 0 aromatic carbocycles. The molecular formula is C14H22N2O3. The minimum Gasteiger partial charge on any atom is -0.466 e. The van der Waals surface area contributed by atoms with Crippen molar-refractivity contribution in [2.45, 2.75) is 52.6 Å². The second-order valence-electron chi connectivity index (χ2n) is 5.44. The van der Waals surface area contributed by atoms with Crippen LogP contribution in [0, 0.1) is 16.0 Å². The van der Waals surface area contributed by atoms with Crippen LogP contribution in [-0.2, 0) is 4.74 Å². The van der Waals surface area contributed by atoms with Crippen LogP contribution in [0.25, 0.3) is 0 Å². The van der Waals surface area contributed by atoms with E-state index in [2.05, 4.69) is 11.6 Å². The fourth-order valence-electron chi connectivity index (χ4n) is 1.39. The minimum absolute atomic E-state index is 0.0885. The van der Waals surface area contributed by atoms with E-state index in [-0.39, 0.29) is 23.1 Å². The van der Waals surface area contributed by atoms with Crippen LogP contribution in [0.5, 0.6) is 0 Å². The van der Waals surface area contributed by atoms with Crippen LogP contribution in [0.4, 0.5) is 0 Å². The molecule has 5 heteroatoms. The second kappa shape index (κ2) is 5.99. The zero-order valence-electron chi connectivity index (χ0n) is 12.1. The van der Waals surface area contributed by atoms with Gasteiger partial charge in [-0.25, -0.2) is 4.99 Å². The summed E-state index contributed by atoms with van der Waals surface area (Å²) in [4.78, 5) is 14.9. The molecular weight excluding hydrogens is 244 g/mol. The zero-order valence-corrected chi connectivity index (χ0v) is 12.1. The van der Waals surface area contributed by atoms with E-state index in [1.807, 2.05) is 27.7 Å². The Balaban J connectivity index is 3.15. The first kappa shape index (κ1) is 15.4. The summed E-state index contributed by atoms with van der Waals surface area (Å²) < 4.78 is 5.72. The number of nitrogens with zero attached hydrogens (tertiary/aromatic N) is 2. The lowest BCUT2D eigenvalue weighted by atomic mass is 10.2. The van der Waals surface area contributed by atoms with Crippen molar-refractivity contribution in [1.29, 1.82) is 0 Å². The Labute approximate surface area is 114 Å². The van der Waals surface area contributed by atoms with Crippen LogP contribution < -0.4 is 0 Å². The van der Waals surface area contributed by atoms with E-state index in [9.17, 15) is 10.1 Å². The van der Waals surface area contributed by atoms with Gasteiger partial charge in [-0.15, -0.1) is 0 Å². The molecule has 1 fully saturated rings. The topological polar surface area (TPSA) is 64.7 Å². The van der Waals surface area contributed by atoms with Crippen LogP contribution in [0.1, 0.15) is 47.0 Å². The van der Waals surface area contributed by atoms with Gasteiger partial charge in [0.1, 0.15) is 5.60 Å². The van der Waals surface area contributed by atoms with Gasteiger partial charge < -0.3 is 4.74 Å². The summed E-state index contributed by atoms with van der Waals surface area (Å²) >= 11 is 0. The summed E-state index contributed by atoms with van der Waals surface area (Å²) in [5, 5.41) is 11.2. The minimum atomic E-state index is -0.454. The van der Waals surface area contributed by atoms with Crippen molar-refractivity contribution in [3.63, 3.8) is 0 Å². The van der Waals surface area contributed by atoms with Gasteiger partial charge in [-0.1, -0.05) is 27.4 Å². The van der Waals surface area contributed by atoms with E-state index in [4.69, 9.17) is 4.74 Å². The predicted octanol–water partition coefficient (Wildman–Crippen LogP) is 3.69. The van der Waals surface area contributed by atoms with Crippen molar-refractivity contribution in [1.82, 2.24) is 0 Å². The molecule has 0 amide bonds. The molecule has 0 aliphatic heterocycles. The summed E-state index contributed by atoms with van der Waals surface area (Å²) in [6, 6.07) is 0. The highest BCUT2D eigenvalue weighted by Crippen LogP contribution is 2.41. The van der Waals surface area contributed by atoms with Crippen LogP contribution in [0.2, 0.25) is 0 Å². The molecule has 0 unspecified atom stereocenters. The third kappa shape index (κ3) is 4.50. The number of hydrogen-bond donors (Lipinski definition) is 0. The number of hydrogen-bond acceptors (Lipinski definition) is 4. The zero-order chi connectivity index (χ0) is 14.6. The fraction of sp³-hybridized carbons (Fsp3) is 0.643. The largest absolute Gasteiger partial charge is 0.466 e. The number of rotatable bonds is 7. The number of aliphatic imine (C=N–C) groups is 1. The molecule has 0 N–H and O–H groups in total. The molecule has 1 aliphatic rings. The molecule has 0 bridgehead atoms. The molecule has 0 saturated heterocycles. The Bertz CT molecular complexity index is 432. The predicted molar refractivity (Wildman–Crippen MR) is 75.5 cm³/mol. The molecule has 1 rings (SSSR count). The molecule has 5 nitrogen and oxygen atoms in total. The number of nitro groups is 1. The summed E-state index contributed by atoms with van der Waals surface area (Å²) in [5.74, 6) is 0.291. The smallest absolute Gasteiger partial charge is 0.333 e. The molecule has 0 aromatic heterocycles. The van der Waals surface area contributed by atoms with Crippen molar-refractivity contribution >= 4 is 6.21 Å². The first-order valence-electron chi connectivity index (χ1n) is 6.59. The van der Waals surface area contributed by atoms with E-state index >= 15 is 0 Å². The van der Waals surface area contributed by atoms with Gasteiger partial charge in [0, 0.05) is 11.8 Å². The van der Waals surface area contributed by atoms with Gasteiger partial charge in [0.25, 0.3) is 5.88 Å². The highest BCUT2D eigenvalue weighted by atomic mass is 16.6. The van der Waals surface area contributed by atoms with Crippen molar-refractivity contribution < 1.29 is 9.66 Å². The van der Waals surface area contributed by atoms with Crippen LogP contribution in [0.15, 0.2) is 28.7 Å². The molecule has 0 aromatic rings. The molecule has 0 spiro atoms. The highest BCUT2D eigenvalue weighted by molar-refractivity contribution is 5.61. The third-order valence-electron chi connectivity index (χ3n) is 2.93. The lowest BCUT2D eigenvalue weighted by Crippen LogP contribution is -2.13. The monoisotopic (exact) mass is 266 g/mol. The lowest BCUT2D eigenvalue weighted by molar-refractivity contribution is -0.424. The Morgan fingerprint density at radius 1 is 1.58 bits per heavy atom. The first-order valence-corrected chi connectivity index (χ1v) is 6.59. The van der Waals surface area contributed by atoms with E-state index in [0.29, 0.717) is 12.0 Å². The van der Waals surface area contributed by atoms with Gasteiger partial charge in [-0.3, -0.25) is 10.1 Å². The molecule has 0 atom stereocenters. The van der Waals surface area contributed by atoms with Crippen LogP contribution in [0.3, 0.4) is 0 Å². The Kier molecular flexibility index (Phi) is 4.86. The second-order valence-corrected chi connectivity index (χ2v) is 5.44. The quantitative estimate of drug-likeness (QED) is 0.232. The van der Waals surface area contributed by atoms with E-state index in [1.54, 1.807) is 6.21 Å². The number of allylic oxidation sites excluding steroid dienone is 1. The highest BCUT2D eigenvalue weighted by Gasteiger charge is 2.42. The first-order chi connectivity index (χ1) is 8.79. The fourth-order valence-corrected chi connectivity index (χ4v) is 1.39. The van der Waals surface area contributed by atoms with Gasteiger partial charge >= 0.3 is 5.70 Å². The molecule has 0 radical (unpaired) electrons. The summed E-state index contributed by atoms with van der Waals surface area (Å²) in [6.45, 7) is 11.4. The van der Waals surface area contributed by atoms with Gasteiger partial charge in [0.15, 0.2) is 0 Å². The summed E-state index contributed by atoms with van der Waals surface area (Å²) in [7, 11) is 0. The van der Waals surface area contributed by atoms with Crippen LogP contribution in [-0.4, -0.2) is 16.7 Å². The van der Waals surface area contributed by atoms with Crippen molar-refractivity contribution in [3.8, 4) is 0 Å². The SMILES string of the molecule is C=C(CC)/C(=C(\N=CC(C)C)OC1(C)CC1)[N+](=O)[O-]. The maximum atomic E-state index is 11.2. The molecule has 19 heavy (non-hydrogen) atoms. The van der Waals surface area contributed by atoms with Gasteiger partial charge in [0.05, 0.1) is 4.92 Å². The van der Waals surface area contributed by atoms with Gasteiger partial charge in [-0.2, -0.15) is 0 Å². The molecule has 106 valence electrons. The maximum Gasteiger partial charge on any atom is 0.333 e. The lowest BCUT2D eigenvalue weighted by Gasteiger charge is -2.13. The summed E-state index contributed by atoms with van der Waals surface area (Å²) in [6.07, 6.45) is 3.96. The van der Waals surface area contributed by atoms with Crippen molar-refractivity contribution in [2.24, 2.45) is 10.9 Å². The molecule has 0 heterocycles. The van der Waals surface area contributed by atoms with Crippen molar-refractivity contribution in [2.75, 3.05) is 0 Å². The average molecular weight is 266 g/mol. The Morgan fingerprint density at radius 3 is 2.53 bits per heavy atom. The molecule has 1 aliphatic carbocycles. The number of ether oxygens (including phenoxy) is 1. The standard InChI is InChI=1S/C14H22N2O3/c1-6-11(4)12(16(17)18)13(15-9-10(2)3)19-14(5)7-8-14/h9-10H,4,6-8H2,1-3,5H3/b13-12-,15-9?. The maximum absolute atomic E-state index is 11.2. The normalized spacial score (nSPS) is 18.4. The van der Waals surface area contributed by atoms with Gasteiger partial charge in [0.2, 0.25) is 0 Å². The van der Waals surface area contributed by atoms with Gasteiger partial charge in [-0.05, 0) is 32.1 Å².